The molecule has 3 rings (SSSR count). The van der Waals surface area contributed by atoms with Gasteiger partial charge in [0.25, 0.3) is 0 Å². The van der Waals surface area contributed by atoms with Crippen molar-refractivity contribution in [3.05, 3.63) is 24.3 Å². The van der Waals surface area contributed by atoms with Crippen LogP contribution in [0.25, 0.3) is 0 Å². The SMILES string of the molecule is CCOC(=O)[C@H]1CCCN1S(=O)(=O)c1cccc(S(=O)(=O)NC2CC2)c1. The molecule has 1 aromatic rings. The Balaban J connectivity index is 1.89. The van der Waals surface area contributed by atoms with Crippen molar-refractivity contribution in [2.24, 2.45) is 0 Å². The van der Waals surface area contributed by atoms with Crippen molar-refractivity contribution < 1.29 is 26.4 Å². The van der Waals surface area contributed by atoms with Crippen LogP contribution >= 0.6 is 0 Å². The molecule has 0 bridgehead atoms. The average Bonchev–Trinajstić information content (AvgIpc) is 3.25. The molecule has 1 saturated heterocycles. The van der Waals surface area contributed by atoms with Crippen LogP contribution in [0.15, 0.2) is 34.1 Å². The fraction of sp³-hybridized carbons (Fsp3) is 0.562. The summed E-state index contributed by atoms with van der Waals surface area (Å²) < 4.78 is 59.2. The monoisotopic (exact) mass is 402 g/mol. The smallest absolute Gasteiger partial charge is 0.324 e. The van der Waals surface area contributed by atoms with E-state index in [-0.39, 0.29) is 29.0 Å². The van der Waals surface area contributed by atoms with Crippen molar-refractivity contribution >= 4 is 26.0 Å². The van der Waals surface area contributed by atoms with Crippen molar-refractivity contribution in [1.82, 2.24) is 9.03 Å². The van der Waals surface area contributed by atoms with Gasteiger partial charge in [-0.05, 0) is 50.8 Å². The van der Waals surface area contributed by atoms with E-state index < -0.39 is 32.1 Å². The minimum Gasteiger partial charge on any atom is -0.465 e. The van der Waals surface area contributed by atoms with E-state index in [4.69, 9.17) is 4.74 Å². The lowest BCUT2D eigenvalue weighted by molar-refractivity contribution is -0.146. The number of benzene rings is 1. The molecule has 0 spiro atoms. The van der Waals surface area contributed by atoms with Crippen molar-refractivity contribution in [2.45, 2.75) is 54.5 Å². The molecule has 0 aromatic heterocycles. The van der Waals surface area contributed by atoms with Crippen LogP contribution in [0.2, 0.25) is 0 Å². The fourth-order valence-electron chi connectivity index (χ4n) is 2.93. The first-order chi connectivity index (χ1) is 12.3. The largest absolute Gasteiger partial charge is 0.465 e. The van der Waals surface area contributed by atoms with Gasteiger partial charge in [0.05, 0.1) is 16.4 Å². The molecule has 2 aliphatic rings. The van der Waals surface area contributed by atoms with Gasteiger partial charge >= 0.3 is 5.97 Å². The average molecular weight is 402 g/mol. The van der Waals surface area contributed by atoms with Crippen LogP contribution in [-0.2, 0) is 29.6 Å². The van der Waals surface area contributed by atoms with E-state index in [1.54, 1.807) is 6.92 Å². The summed E-state index contributed by atoms with van der Waals surface area (Å²) in [5, 5.41) is 0. The Labute approximate surface area is 153 Å². The number of nitrogens with one attached hydrogen (secondary N) is 1. The highest BCUT2D eigenvalue weighted by molar-refractivity contribution is 7.90. The number of hydrogen-bond donors (Lipinski definition) is 1. The molecule has 1 aliphatic heterocycles. The molecule has 10 heteroatoms. The number of carbonyl (C=O) groups is 1. The topological polar surface area (TPSA) is 110 Å². The van der Waals surface area contributed by atoms with Crippen LogP contribution < -0.4 is 4.72 Å². The number of rotatable bonds is 7. The van der Waals surface area contributed by atoms with E-state index in [1.807, 2.05) is 0 Å². The highest BCUT2D eigenvalue weighted by Gasteiger charge is 2.40. The lowest BCUT2D eigenvalue weighted by Gasteiger charge is -2.22. The Hall–Kier alpha value is -1.49. The van der Waals surface area contributed by atoms with Gasteiger partial charge in [0.15, 0.2) is 0 Å². The zero-order valence-corrected chi connectivity index (χ0v) is 16.1. The van der Waals surface area contributed by atoms with Crippen LogP contribution in [0.4, 0.5) is 0 Å². The molecule has 26 heavy (non-hydrogen) atoms. The van der Waals surface area contributed by atoms with Gasteiger partial charge in [-0.15, -0.1) is 0 Å². The van der Waals surface area contributed by atoms with Gasteiger partial charge in [-0.3, -0.25) is 4.79 Å². The van der Waals surface area contributed by atoms with Crippen LogP contribution in [0.5, 0.6) is 0 Å². The molecule has 1 heterocycles. The number of esters is 1. The van der Waals surface area contributed by atoms with Crippen LogP contribution in [0.3, 0.4) is 0 Å². The van der Waals surface area contributed by atoms with Gasteiger partial charge < -0.3 is 4.74 Å². The van der Waals surface area contributed by atoms with E-state index >= 15 is 0 Å². The van der Waals surface area contributed by atoms with Crippen molar-refractivity contribution in [3.8, 4) is 0 Å². The summed E-state index contributed by atoms with van der Waals surface area (Å²) in [5.74, 6) is -0.576. The number of sulfonamides is 2. The molecule has 144 valence electrons. The van der Waals surface area contributed by atoms with Gasteiger partial charge in [0, 0.05) is 12.6 Å². The molecule has 1 aromatic carbocycles. The zero-order chi connectivity index (χ0) is 18.9. The van der Waals surface area contributed by atoms with Crippen molar-refractivity contribution in [3.63, 3.8) is 0 Å². The fourth-order valence-corrected chi connectivity index (χ4v) is 6.05. The van der Waals surface area contributed by atoms with Gasteiger partial charge in [-0.2, -0.15) is 4.31 Å². The Kier molecular flexibility index (Phi) is 5.38. The van der Waals surface area contributed by atoms with Crippen LogP contribution in [-0.4, -0.2) is 52.3 Å². The molecule has 1 aliphatic carbocycles. The van der Waals surface area contributed by atoms with Crippen LogP contribution in [0, 0.1) is 0 Å². The third-order valence-electron chi connectivity index (χ3n) is 4.38. The molecule has 1 atom stereocenters. The zero-order valence-electron chi connectivity index (χ0n) is 14.4. The van der Waals surface area contributed by atoms with Crippen LogP contribution in [0.1, 0.15) is 32.6 Å². The summed E-state index contributed by atoms with van der Waals surface area (Å²) >= 11 is 0. The number of carbonyl (C=O) groups excluding carboxylic acids is 1. The summed E-state index contributed by atoms with van der Waals surface area (Å²) in [4.78, 5) is 11.8. The highest BCUT2D eigenvalue weighted by atomic mass is 32.2. The molecule has 2 fully saturated rings. The third kappa shape index (κ3) is 3.93. The summed E-state index contributed by atoms with van der Waals surface area (Å²) in [6.07, 6.45) is 2.50. The Morgan fingerprint density at radius 3 is 2.54 bits per heavy atom. The molecule has 8 nitrogen and oxygen atoms in total. The van der Waals surface area contributed by atoms with E-state index in [0.717, 1.165) is 23.2 Å². The minimum atomic E-state index is -4.01. The standard InChI is InChI=1S/C16H22N2O6S2/c1-2-24-16(19)15-7-4-10-18(15)26(22,23)14-6-3-5-13(11-14)25(20,21)17-12-8-9-12/h3,5-6,11-12,15,17H,2,4,7-10H2,1H3/t15-/m1/s1. The maximum atomic E-state index is 13.0. The van der Waals surface area contributed by atoms with E-state index in [9.17, 15) is 21.6 Å². The second-order valence-electron chi connectivity index (χ2n) is 6.40. The predicted octanol–water partition coefficient (Wildman–Crippen LogP) is 0.844. The van der Waals surface area contributed by atoms with E-state index in [1.165, 1.54) is 18.2 Å². The molecular weight excluding hydrogens is 380 g/mol. The number of nitrogens with zero attached hydrogens (tertiary/aromatic N) is 1. The first-order valence-corrected chi connectivity index (χ1v) is 11.5. The first-order valence-electron chi connectivity index (χ1n) is 8.56. The van der Waals surface area contributed by atoms with E-state index in [0.29, 0.717) is 12.8 Å². The Morgan fingerprint density at radius 2 is 1.88 bits per heavy atom. The second-order valence-corrected chi connectivity index (χ2v) is 10.0. The van der Waals surface area contributed by atoms with Gasteiger partial charge in [0.2, 0.25) is 20.0 Å². The Morgan fingerprint density at radius 1 is 1.19 bits per heavy atom. The van der Waals surface area contributed by atoms with Gasteiger partial charge in [0.1, 0.15) is 6.04 Å². The second kappa shape index (κ2) is 7.26. The summed E-state index contributed by atoms with van der Waals surface area (Å²) in [7, 11) is -7.77. The van der Waals surface area contributed by atoms with E-state index in [2.05, 4.69) is 4.72 Å². The lowest BCUT2D eigenvalue weighted by atomic mass is 10.2. The van der Waals surface area contributed by atoms with Gasteiger partial charge in [-0.1, -0.05) is 6.07 Å². The molecular formula is C16H22N2O6S2. The molecule has 1 N–H and O–H groups in total. The molecule has 0 radical (unpaired) electrons. The predicted molar refractivity (Wildman–Crippen MR) is 93.3 cm³/mol. The summed E-state index contributed by atoms with van der Waals surface area (Å²) in [6.45, 7) is 2.03. The molecule has 0 unspecified atom stereocenters. The van der Waals surface area contributed by atoms with Crippen molar-refractivity contribution in [2.75, 3.05) is 13.2 Å². The maximum absolute atomic E-state index is 13.0. The minimum absolute atomic E-state index is 0.0768. The van der Waals surface area contributed by atoms with Gasteiger partial charge in [-0.25, -0.2) is 21.6 Å². The van der Waals surface area contributed by atoms with Crippen molar-refractivity contribution in [1.29, 1.82) is 0 Å². The highest BCUT2D eigenvalue weighted by Crippen LogP contribution is 2.28. The summed E-state index contributed by atoms with van der Waals surface area (Å²) in [6, 6.07) is 4.28. The summed E-state index contributed by atoms with van der Waals surface area (Å²) in [5.41, 5.74) is 0. The Bertz CT molecular complexity index is 893. The maximum Gasteiger partial charge on any atom is 0.324 e. The first kappa shape index (κ1) is 19.3. The lowest BCUT2D eigenvalue weighted by Crippen LogP contribution is -2.41. The molecule has 1 saturated carbocycles. The normalized spacial score (nSPS) is 21.7. The quantitative estimate of drug-likeness (QED) is 0.677. The number of hydrogen-bond acceptors (Lipinski definition) is 6. The third-order valence-corrected chi connectivity index (χ3v) is 7.81. The molecule has 0 amide bonds. The number of ether oxygens (including phenoxy) is 1.